The van der Waals surface area contributed by atoms with Crippen LogP contribution in [0.1, 0.15) is 22.3 Å². The lowest BCUT2D eigenvalue weighted by molar-refractivity contribution is 0.102. The Labute approximate surface area is 131 Å². The van der Waals surface area contributed by atoms with Crippen molar-refractivity contribution in [2.24, 2.45) is 0 Å². The lowest BCUT2D eigenvalue weighted by Crippen LogP contribution is -2.12. The Kier molecular flexibility index (Phi) is 5.22. The van der Waals surface area contributed by atoms with Crippen molar-refractivity contribution in [3.8, 4) is 11.5 Å². The van der Waals surface area contributed by atoms with Crippen molar-refractivity contribution in [2.45, 2.75) is 12.8 Å². The molecule has 0 saturated carbocycles. The smallest absolute Gasteiger partial charge is 0.263 e. The van der Waals surface area contributed by atoms with E-state index in [0.717, 1.165) is 23.7 Å². The van der Waals surface area contributed by atoms with Gasteiger partial charge in [0, 0.05) is 11.0 Å². The van der Waals surface area contributed by atoms with Gasteiger partial charge in [0.1, 0.15) is 17.1 Å². The molecule has 0 aromatic heterocycles. The highest BCUT2D eigenvalue weighted by molar-refractivity contribution is 9.09. The number of halogens is 1. The number of phenols is 2. The number of benzene rings is 2. The summed E-state index contributed by atoms with van der Waals surface area (Å²) in [6.45, 7) is 0. The average molecular weight is 350 g/mol. The Hall–Kier alpha value is -2.01. The van der Waals surface area contributed by atoms with Gasteiger partial charge in [0.05, 0.1) is 0 Å². The van der Waals surface area contributed by atoms with Crippen LogP contribution in [-0.2, 0) is 6.42 Å². The van der Waals surface area contributed by atoms with Gasteiger partial charge in [-0.25, -0.2) is 0 Å². The average Bonchev–Trinajstić information content (AvgIpc) is 2.45. The van der Waals surface area contributed by atoms with Crippen LogP contribution in [0.3, 0.4) is 0 Å². The van der Waals surface area contributed by atoms with E-state index < -0.39 is 5.91 Å². The van der Waals surface area contributed by atoms with Crippen LogP contribution < -0.4 is 5.32 Å². The van der Waals surface area contributed by atoms with E-state index in [0.29, 0.717) is 5.69 Å². The third-order valence-corrected chi connectivity index (χ3v) is 3.59. The quantitative estimate of drug-likeness (QED) is 0.721. The Bertz CT molecular complexity index is 623. The molecule has 2 aromatic carbocycles. The highest BCUT2D eigenvalue weighted by Gasteiger charge is 2.16. The Morgan fingerprint density at radius 2 is 1.76 bits per heavy atom. The largest absolute Gasteiger partial charge is 0.507 e. The second-order valence-corrected chi connectivity index (χ2v) is 5.41. The zero-order valence-electron chi connectivity index (χ0n) is 11.3. The summed E-state index contributed by atoms with van der Waals surface area (Å²) < 4.78 is 0. The fourth-order valence-electron chi connectivity index (χ4n) is 2.03. The molecule has 2 aromatic rings. The number of hydrogen-bond acceptors (Lipinski definition) is 3. The van der Waals surface area contributed by atoms with Gasteiger partial charge in [-0.15, -0.1) is 0 Å². The van der Waals surface area contributed by atoms with Crippen LogP contribution in [0.4, 0.5) is 5.69 Å². The molecule has 0 aliphatic heterocycles. The van der Waals surface area contributed by atoms with Crippen LogP contribution in [0, 0.1) is 0 Å². The summed E-state index contributed by atoms with van der Waals surface area (Å²) in [6, 6.07) is 11.7. The van der Waals surface area contributed by atoms with Crippen molar-refractivity contribution < 1.29 is 15.0 Å². The molecule has 110 valence electrons. The van der Waals surface area contributed by atoms with Gasteiger partial charge in [-0.3, -0.25) is 4.79 Å². The summed E-state index contributed by atoms with van der Waals surface area (Å²) in [5, 5.41) is 23.0. The molecule has 0 heterocycles. The summed E-state index contributed by atoms with van der Waals surface area (Å²) in [7, 11) is 0. The van der Waals surface area contributed by atoms with Gasteiger partial charge in [-0.2, -0.15) is 0 Å². The third-order valence-electron chi connectivity index (χ3n) is 3.03. The Morgan fingerprint density at radius 3 is 2.43 bits per heavy atom. The predicted molar refractivity (Wildman–Crippen MR) is 86.3 cm³/mol. The fraction of sp³-hybridized carbons (Fsp3) is 0.188. The fourth-order valence-corrected chi connectivity index (χ4v) is 2.31. The Morgan fingerprint density at radius 1 is 1.10 bits per heavy atom. The van der Waals surface area contributed by atoms with Crippen LogP contribution >= 0.6 is 15.9 Å². The van der Waals surface area contributed by atoms with Crippen molar-refractivity contribution in [1.82, 2.24) is 0 Å². The maximum atomic E-state index is 12.1. The SMILES string of the molecule is O=C(Nc1cccc(CCCBr)c1)c1c(O)cccc1O. The molecule has 21 heavy (non-hydrogen) atoms. The molecule has 3 N–H and O–H groups in total. The molecule has 5 heteroatoms. The zero-order valence-corrected chi connectivity index (χ0v) is 12.9. The van der Waals surface area contributed by atoms with E-state index in [1.54, 1.807) is 6.07 Å². The van der Waals surface area contributed by atoms with Crippen molar-refractivity contribution in [3.05, 3.63) is 53.6 Å². The summed E-state index contributed by atoms with van der Waals surface area (Å²) in [5.74, 6) is -1.03. The van der Waals surface area contributed by atoms with E-state index >= 15 is 0 Å². The first kappa shape index (κ1) is 15.4. The summed E-state index contributed by atoms with van der Waals surface area (Å²) >= 11 is 3.39. The maximum Gasteiger partial charge on any atom is 0.263 e. The number of aromatic hydroxyl groups is 2. The summed E-state index contributed by atoms with van der Waals surface area (Å²) in [4.78, 5) is 12.1. The molecule has 4 nitrogen and oxygen atoms in total. The van der Waals surface area contributed by atoms with E-state index in [9.17, 15) is 15.0 Å². The molecule has 0 radical (unpaired) electrons. The Balaban J connectivity index is 2.16. The van der Waals surface area contributed by atoms with Gasteiger partial charge < -0.3 is 15.5 Å². The highest BCUT2D eigenvalue weighted by atomic mass is 79.9. The molecule has 0 unspecified atom stereocenters. The van der Waals surface area contributed by atoms with E-state index in [1.165, 1.54) is 18.2 Å². The van der Waals surface area contributed by atoms with Crippen LogP contribution in [0.15, 0.2) is 42.5 Å². The lowest BCUT2D eigenvalue weighted by atomic mass is 10.1. The molecule has 0 spiro atoms. The van der Waals surface area contributed by atoms with E-state index in [2.05, 4.69) is 21.2 Å². The highest BCUT2D eigenvalue weighted by Crippen LogP contribution is 2.27. The number of amides is 1. The van der Waals surface area contributed by atoms with Gasteiger partial charge in [-0.1, -0.05) is 34.1 Å². The van der Waals surface area contributed by atoms with E-state index in [-0.39, 0.29) is 17.1 Å². The maximum absolute atomic E-state index is 12.1. The van der Waals surface area contributed by atoms with Crippen LogP contribution in [0.2, 0.25) is 0 Å². The number of carbonyl (C=O) groups excluding carboxylic acids is 1. The van der Waals surface area contributed by atoms with Gasteiger partial charge in [0.2, 0.25) is 0 Å². The normalized spacial score (nSPS) is 10.3. The van der Waals surface area contributed by atoms with Crippen molar-refractivity contribution in [1.29, 1.82) is 0 Å². The topological polar surface area (TPSA) is 69.6 Å². The lowest BCUT2D eigenvalue weighted by Gasteiger charge is -2.09. The van der Waals surface area contributed by atoms with Gasteiger partial charge >= 0.3 is 0 Å². The van der Waals surface area contributed by atoms with Gasteiger partial charge in [-0.05, 0) is 42.7 Å². The van der Waals surface area contributed by atoms with E-state index in [1.807, 2.05) is 18.2 Å². The van der Waals surface area contributed by atoms with Crippen molar-refractivity contribution in [3.63, 3.8) is 0 Å². The van der Waals surface area contributed by atoms with Crippen LogP contribution in [0.25, 0.3) is 0 Å². The number of alkyl halides is 1. The number of nitrogens with one attached hydrogen (secondary N) is 1. The molecule has 2 rings (SSSR count). The first-order chi connectivity index (χ1) is 10.1. The number of rotatable bonds is 5. The first-order valence-corrected chi connectivity index (χ1v) is 7.71. The molecular formula is C16H16BrNO3. The molecular weight excluding hydrogens is 334 g/mol. The number of hydrogen-bond donors (Lipinski definition) is 3. The van der Waals surface area contributed by atoms with E-state index in [4.69, 9.17) is 0 Å². The molecule has 1 amide bonds. The van der Waals surface area contributed by atoms with Gasteiger partial charge in [0.25, 0.3) is 5.91 Å². The molecule has 0 bridgehead atoms. The first-order valence-electron chi connectivity index (χ1n) is 6.59. The third kappa shape index (κ3) is 3.98. The second kappa shape index (κ2) is 7.13. The molecule has 0 fully saturated rings. The molecule has 0 saturated heterocycles. The minimum Gasteiger partial charge on any atom is -0.507 e. The number of phenolic OH excluding ortho intramolecular Hbond substituents is 2. The second-order valence-electron chi connectivity index (χ2n) is 4.62. The zero-order chi connectivity index (χ0) is 15.2. The van der Waals surface area contributed by atoms with Crippen molar-refractivity contribution in [2.75, 3.05) is 10.6 Å². The van der Waals surface area contributed by atoms with Crippen LogP contribution in [0.5, 0.6) is 11.5 Å². The number of carbonyl (C=O) groups is 1. The standard InChI is InChI=1S/C16H16BrNO3/c17-9-3-5-11-4-1-6-12(10-11)18-16(21)15-13(19)7-2-8-14(15)20/h1-2,4,6-8,10,19-20H,3,5,9H2,(H,18,21). The molecule has 0 aliphatic rings. The molecule has 0 atom stereocenters. The summed E-state index contributed by atoms with van der Waals surface area (Å²) in [6.07, 6.45) is 1.93. The van der Waals surface area contributed by atoms with Crippen molar-refractivity contribution >= 4 is 27.5 Å². The van der Waals surface area contributed by atoms with Crippen LogP contribution in [-0.4, -0.2) is 21.5 Å². The molecule has 0 aliphatic carbocycles. The predicted octanol–water partition coefficient (Wildman–Crippen LogP) is 3.68. The number of anilines is 1. The minimum absolute atomic E-state index is 0.122. The number of aryl methyl sites for hydroxylation is 1. The minimum atomic E-state index is -0.539. The monoisotopic (exact) mass is 349 g/mol. The van der Waals surface area contributed by atoms with Gasteiger partial charge in [0.15, 0.2) is 0 Å². The summed E-state index contributed by atoms with van der Waals surface area (Å²) in [5.41, 5.74) is 1.63.